The van der Waals surface area contributed by atoms with Gasteiger partial charge >= 0.3 is 0 Å². The summed E-state index contributed by atoms with van der Waals surface area (Å²) in [5.41, 5.74) is 0.181. The number of sulfonamides is 1. The Labute approximate surface area is 188 Å². The van der Waals surface area contributed by atoms with Crippen LogP contribution in [0.5, 0.6) is 0 Å². The molecule has 0 radical (unpaired) electrons. The number of rotatable bonds is 5. The number of carbonyl (C=O) groups excluding carboxylic acids is 1. The van der Waals surface area contributed by atoms with Crippen LogP contribution in [0.25, 0.3) is 0 Å². The van der Waals surface area contributed by atoms with Crippen LogP contribution >= 0.6 is 0 Å². The Kier molecular flexibility index (Phi) is 6.96. The smallest absolute Gasteiger partial charge is 0.293 e. The quantitative estimate of drug-likeness (QED) is 0.481. The van der Waals surface area contributed by atoms with Crippen molar-refractivity contribution in [3.63, 3.8) is 0 Å². The van der Waals surface area contributed by atoms with Crippen LogP contribution in [0.1, 0.15) is 32.1 Å². The van der Waals surface area contributed by atoms with Crippen molar-refractivity contribution in [1.29, 1.82) is 0 Å². The van der Waals surface area contributed by atoms with E-state index in [-0.39, 0.29) is 35.5 Å². The Balaban J connectivity index is 1.48. The molecule has 0 unspecified atom stereocenters. The van der Waals surface area contributed by atoms with Crippen molar-refractivity contribution in [2.75, 3.05) is 57.4 Å². The minimum atomic E-state index is -3.82. The van der Waals surface area contributed by atoms with Crippen LogP contribution in [0, 0.1) is 16.0 Å². The fourth-order valence-electron chi connectivity index (χ4n) is 4.75. The van der Waals surface area contributed by atoms with Crippen molar-refractivity contribution in [3.8, 4) is 0 Å². The number of amides is 1. The number of nitro groups is 1. The van der Waals surface area contributed by atoms with E-state index >= 15 is 0 Å². The van der Waals surface area contributed by atoms with Gasteiger partial charge < -0.3 is 14.5 Å². The van der Waals surface area contributed by atoms with Crippen LogP contribution in [0.15, 0.2) is 23.1 Å². The Hall–Kier alpha value is -2.24. The summed E-state index contributed by atoms with van der Waals surface area (Å²) in [4.78, 5) is 27.8. The van der Waals surface area contributed by atoms with E-state index < -0.39 is 14.9 Å². The molecule has 0 aromatic heterocycles. The van der Waals surface area contributed by atoms with Gasteiger partial charge in [-0.2, -0.15) is 4.31 Å². The van der Waals surface area contributed by atoms with E-state index in [1.165, 1.54) is 22.9 Å². The molecule has 176 valence electrons. The molecule has 0 atom stereocenters. The molecule has 3 fully saturated rings. The molecule has 11 heteroatoms. The molecule has 3 aliphatic rings. The zero-order valence-corrected chi connectivity index (χ0v) is 19.0. The van der Waals surface area contributed by atoms with Crippen molar-refractivity contribution < 1.29 is 22.9 Å². The summed E-state index contributed by atoms with van der Waals surface area (Å²) in [6, 6.07) is 4.13. The normalized spacial score (nSPS) is 21.5. The van der Waals surface area contributed by atoms with Gasteiger partial charge in [0.2, 0.25) is 15.9 Å². The van der Waals surface area contributed by atoms with E-state index in [1.54, 1.807) is 0 Å². The second-order valence-electron chi connectivity index (χ2n) is 8.57. The Morgan fingerprint density at radius 1 is 1.00 bits per heavy atom. The van der Waals surface area contributed by atoms with Gasteiger partial charge in [0.05, 0.1) is 23.0 Å². The zero-order valence-electron chi connectivity index (χ0n) is 18.1. The molecule has 4 rings (SSSR count). The highest BCUT2D eigenvalue weighted by molar-refractivity contribution is 7.89. The number of hydrogen-bond acceptors (Lipinski definition) is 7. The standard InChI is InChI=1S/C21H30N4O6S/c26-21(23-8-2-1-3-9-23)17-6-10-22(11-7-17)19-5-4-18(16-20(19)25(27)28)32(29,30)24-12-14-31-15-13-24/h4-5,16-17H,1-3,6-15H2. The van der Waals surface area contributed by atoms with Crippen LogP contribution in [-0.4, -0.2) is 80.9 Å². The third-order valence-corrected chi connectivity index (χ3v) is 8.50. The Morgan fingerprint density at radius 2 is 1.66 bits per heavy atom. The third-order valence-electron chi connectivity index (χ3n) is 6.60. The highest BCUT2D eigenvalue weighted by Gasteiger charge is 2.33. The number of benzene rings is 1. The average Bonchev–Trinajstić information content (AvgIpc) is 2.84. The number of nitro benzene ring substituents is 1. The first-order valence-corrected chi connectivity index (χ1v) is 12.7. The first kappa shape index (κ1) is 22.9. The lowest BCUT2D eigenvalue weighted by atomic mass is 9.94. The molecule has 3 heterocycles. The lowest BCUT2D eigenvalue weighted by Gasteiger charge is -2.36. The van der Waals surface area contributed by atoms with Gasteiger partial charge in [0.15, 0.2) is 0 Å². The number of piperidine rings is 2. The number of anilines is 1. The van der Waals surface area contributed by atoms with Crippen LogP contribution in [0.3, 0.4) is 0 Å². The molecule has 1 aromatic rings. The molecule has 0 saturated carbocycles. The van der Waals surface area contributed by atoms with E-state index in [9.17, 15) is 23.3 Å². The summed E-state index contributed by atoms with van der Waals surface area (Å²) in [6.07, 6.45) is 4.55. The molecule has 0 aliphatic carbocycles. The monoisotopic (exact) mass is 466 g/mol. The number of morpholine rings is 1. The minimum Gasteiger partial charge on any atom is -0.379 e. The van der Waals surface area contributed by atoms with Crippen LogP contribution in [0.2, 0.25) is 0 Å². The predicted octanol–water partition coefficient (Wildman–Crippen LogP) is 1.84. The highest BCUT2D eigenvalue weighted by Crippen LogP contribution is 2.35. The first-order chi connectivity index (χ1) is 15.4. The topological polar surface area (TPSA) is 113 Å². The molecule has 0 bridgehead atoms. The van der Waals surface area contributed by atoms with Crippen LogP contribution in [-0.2, 0) is 19.6 Å². The zero-order chi connectivity index (χ0) is 22.7. The van der Waals surface area contributed by atoms with Crippen LogP contribution < -0.4 is 4.90 Å². The fourth-order valence-corrected chi connectivity index (χ4v) is 6.18. The number of nitrogens with zero attached hydrogens (tertiary/aromatic N) is 4. The number of carbonyl (C=O) groups is 1. The van der Waals surface area contributed by atoms with E-state index in [1.807, 2.05) is 9.80 Å². The van der Waals surface area contributed by atoms with Crippen molar-refractivity contribution in [2.24, 2.45) is 5.92 Å². The van der Waals surface area contributed by atoms with E-state index in [0.29, 0.717) is 44.8 Å². The fraction of sp³-hybridized carbons (Fsp3) is 0.667. The maximum absolute atomic E-state index is 12.9. The summed E-state index contributed by atoms with van der Waals surface area (Å²) < 4.78 is 32.3. The second kappa shape index (κ2) is 9.72. The van der Waals surface area contributed by atoms with Gasteiger partial charge in [-0.1, -0.05) is 0 Å². The Morgan fingerprint density at radius 3 is 2.28 bits per heavy atom. The maximum atomic E-state index is 12.9. The van der Waals surface area contributed by atoms with Crippen molar-refractivity contribution in [2.45, 2.75) is 37.0 Å². The number of ether oxygens (including phenoxy) is 1. The second-order valence-corrected chi connectivity index (χ2v) is 10.5. The van der Waals surface area contributed by atoms with E-state index in [0.717, 1.165) is 32.0 Å². The van der Waals surface area contributed by atoms with Gasteiger partial charge in [0.1, 0.15) is 5.69 Å². The molecule has 0 N–H and O–H groups in total. The van der Waals surface area contributed by atoms with Gasteiger partial charge in [-0.05, 0) is 44.2 Å². The molecule has 1 amide bonds. The Bertz CT molecular complexity index is 949. The molecule has 3 saturated heterocycles. The average molecular weight is 467 g/mol. The van der Waals surface area contributed by atoms with E-state index in [2.05, 4.69) is 0 Å². The molecule has 1 aromatic carbocycles. The van der Waals surface area contributed by atoms with Crippen molar-refractivity contribution in [1.82, 2.24) is 9.21 Å². The summed E-state index contributed by atoms with van der Waals surface area (Å²) in [5.74, 6) is 0.148. The number of likely N-dealkylation sites (tertiary alicyclic amines) is 1. The van der Waals surface area contributed by atoms with Gasteiger partial charge in [0.25, 0.3) is 5.69 Å². The predicted molar refractivity (Wildman–Crippen MR) is 118 cm³/mol. The van der Waals surface area contributed by atoms with E-state index in [4.69, 9.17) is 4.74 Å². The summed E-state index contributed by atoms with van der Waals surface area (Å²) in [7, 11) is -3.82. The molecular weight excluding hydrogens is 436 g/mol. The summed E-state index contributed by atoms with van der Waals surface area (Å²) >= 11 is 0. The molecule has 0 spiro atoms. The van der Waals surface area contributed by atoms with Crippen molar-refractivity contribution >= 4 is 27.3 Å². The van der Waals surface area contributed by atoms with Crippen molar-refractivity contribution in [3.05, 3.63) is 28.3 Å². The van der Waals surface area contributed by atoms with Gasteiger partial charge in [-0.3, -0.25) is 14.9 Å². The van der Waals surface area contributed by atoms with Gasteiger partial charge in [-0.25, -0.2) is 8.42 Å². The molecule has 32 heavy (non-hydrogen) atoms. The third kappa shape index (κ3) is 4.74. The lowest BCUT2D eigenvalue weighted by molar-refractivity contribution is -0.384. The lowest BCUT2D eigenvalue weighted by Crippen LogP contribution is -2.44. The SMILES string of the molecule is O=C(C1CCN(c2ccc(S(=O)(=O)N3CCOCC3)cc2[N+](=O)[O-])CC1)N1CCCCC1. The maximum Gasteiger partial charge on any atom is 0.293 e. The number of hydrogen-bond donors (Lipinski definition) is 0. The van der Waals surface area contributed by atoms with Crippen LogP contribution in [0.4, 0.5) is 11.4 Å². The molecule has 10 nitrogen and oxygen atoms in total. The first-order valence-electron chi connectivity index (χ1n) is 11.3. The summed E-state index contributed by atoms with van der Waals surface area (Å²) in [6.45, 7) is 3.79. The summed E-state index contributed by atoms with van der Waals surface area (Å²) in [5, 5.41) is 11.8. The highest BCUT2D eigenvalue weighted by atomic mass is 32.2. The molecule has 3 aliphatic heterocycles. The minimum absolute atomic E-state index is 0.0515. The van der Waals surface area contributed by atoms with Gasteiger partial charge in [0, 0.05) is 51.3 Å². The molecular formula is C21H30N4O6S. The largest absolute Gasteiger partial charge is 0.379 e. The van der Waals surface area contributed by atoms with Gasteiger partial charge in [-0.15, -0.1) is 0 Å².